The first-order valence-corrected chi connectivity index (χ1v) is 7.87. The number of aromatic nitrogens is 2. The van der Waals surface area contributed by atoms with Gasteiger partial charge in [-0.3, -0.25) is 15.7 Å². The molecule has 25 heavy (non-hydrogen) atoms. The second kappa shape index (κ2) is 6.43. The predicted molar refractivity (Wildman–Crippen MR) is 93.7 cm³/mol. The summed E-state index contributed by atoms with van der Waals surface area (Å²) in [6.07, 6.45) is 6.29. The average Bonchev–Trinajstić information content (AvgIpc) is 3.13. The van der Waals surface area contributed by atoms with E-state index in [1.807, 2.05) is 22.9 Å². The summed E-state index contributed by atoms with van der Waals surface area (Å²) in [5, 5.41) is 11.4. The summed E-state index contributed by atoms with van der Waals surface area (Å²) in [5.41, 5.74) is 0.921. The van der Waals surface area contributed by atoms with E-state index >= 15 is 0 Å². The lowest BCUT2D eigenvalue weighted by molar-refractivity contribution is 0.0563. The van der Waals surface area contributed by atoms with E-state index in [0.717, 1.165) is 10.9 Å². The zero-order valence-electron chi connectivity index (χ0n) is 14.4. The van der Waals surface area contributed by atoms with Crippen LogP contribution in [0.2, 0.25) is 0 Å². The number of rotatable bonds is 3. The van der Waals surface area contributed by atoms with Gasteiger partial charge in [0.2, 0.25) is 0 Å². The fourth-order valence-corrected chi connectivity index (χ4v) is 2.42. The van der Waals surface area contributed by atoms with Crippen LogP contribution >= 0.6 is 0 Å². The van der Waals surface area contributed by atoms with Crippen LogP contribution in [0.15, 0.2) is 47.5 Å². The number of ether oxygens (including phenoxy) is 1. The molecule has 7 heteroatoms. The number of amides is 1. The van der Waals surface area contributed by atoms with Gasteiger partial charge in [-0.05, 0) is 39.0 Å². The maximum absolute atomic E-state index is 11.7. The van der Waals surface area contributed by atoms with Gasteiger partial charge in [0.05, 0.1) is 17.6 Å². The van der Waals surface area contributed by atoms with Crippen molar-refractivity contribution in [3.05, 3.63) is 54.4 Å². The molecule has 0 aliphatic heterocycles. The number of hydrogen-bond acceptors (Lipinski definition) is 5. The molecular formula is C18H20N4O3. The molecule has 3 heterocycles. The monoisotopic (exact) mass is 340 g/mol. The van der Waals surface area contributed by atoms with Gasteiger partial charge in [-0.2, -0.15) is 0 Å². The fourth-order valence-electron chi connectivity index (χ4n) is 2.42. The fraction of sp³-hybridized carbons (Fsp3) is 0.278. The number of fused-ring (bicyclic) bond motifs is 1. The van der Waals surface area contributed by atoms with Gasteiger partial charge in [0.25, 0.3) is 0 Å². The quantitative estimate of drug-likeness (QED) is 0.563. The highest BCUT2D eigenvalue weighted by molar-refractivity contribution is 6.04. The number of furan rings is 1. The maximum atomic E-state index is 11.7. The summed E-state index contributed by atoms with van der Waals surface area (Å²) in [6.45, 7) is 5.82. The van der Waals surface area contributed by atoms with E-state index in [2.05, 4.69) is 10.3 Å². The van der Waals surface area contributed by atoms with E-state index < -0.39 is 11.7 Å². The topological polar surface area (TPSA) is 93.1 Å². The lowest BCUT2D eigenvalue weighted by Gasteiger charge is -2.19. The van der Waals surface area contributed by atoms with Crippen LogP contribution in [0, 0.1) is 5.41 Å². The lowest BCUT2D eigenvalue weighted by Crippen LogP contribution is -2.36. The van der Waals surface area contributed by atoms with Crippen LogP contribution in [0.3, 0.4) is 0 Å². The largest absolute Gasteiger partial charge is 0.467 e. The van der Waals surface area contributed by atoms with Crippen molar-refractivity contribution in [2.75, 3.05) is 0 Å². The van der Waals surface area contributed by atoms with Crippen LogP contribution < -0.4 is 5.32 Å². The predicted octanol–water partition coefficient (Wildman–Crippen LogP) is 3.53. The Bertz CT molecular complexity index is 918. The van der Waals surface area contributed by atoms with E-state index in [-0.39, 0.29) is 5.84 Å². The van der Waals surface area contributed by atoms with Crippen LogP contribution in [-0.2, 0) is 11.3 Å². The first-order valence-electron chi connectivity index (χ1n) is 7.87. The summed E-state index contributed by atoms with van der Waals surface area (Å²) >= 11 is 0. The standard InChI is InChI=1S/C18H20N4O3/c1-18(2,3)25-17(23)21-16(19)13-8-14(24-11-13)10-22-7-5-12-9-20-6-4-15(12)22/h4-9,11H,10H2,1-3H3,(H2,19,21,23). The summed E-state index contributed by atoms with van der Waals surface area (Å²) < 4.78 is 12.7. The van der Waals surface area contributed by atoms with E-state index in [1.54, 1.807) is 39.2 Å². The van der Waals surface area contributed by atoms with Crippen molar-refractivity contribution < 1.29 is 13.9 Å². The summed E-state index contributed by atoms with van der Waals surface area (Å²) in [5.74, 6) is 0.617. The highest BCUT2D eigenvalue weighted by Crippen LogP contribution is 2.17. The molecule has 0 saturated carbocycles. The van der Waals surface area contributed by atoms with Crippen molar-refractivity contribution in [3.8, 4) is 0 Å². The molecule has 0 aliphatic rings. The molecule has 3 aromatic heterocycles. The van der Waals surface area contributed by atoms with Crippen LogP contribution in [0.5, 0.6) is 0 Å². The van der Waals surface area contributed by atoms with Crippen LogP contribution in [-0.4, -0.2) is 27.1 Å². The van der Waals surface area contributed by atoms with Gasteiger partial charge in [0, 0.05) is 24.0 Å². The Hall–Kier alpha value is -3.09. The van der Waals surface area contributed by atoms with Crippen molar-refractivity contribution >= 4 is 22.8 Å². The van der Waals surface area contributed by atoms with Gasteiger partial charge in [0.1, 0.15) is 23.5 Å². The van der Waals surface area contributed by atoms with E-state index in [9.17, 15) is 4.79 Å². The van der Waals surface area contributed by atoms with Crippen LogP contribution in [0.25, 0.3) is 10.9 Å². The third kappa shape index (κ3) is 4.06. The molecule has 7 nitrogen and oxygen atoms in total. The van der Waals surface area contributed by atoms with Crippen molar-refractivity contribution in [2.24, 2.45) is 0 Å². The number of carbonyl (C=O) groups is 1. The number of alkyl carbamates (subject to hydrolysis) is 1. The minimum atomic E-state index is -0.663. The molecule has 0 fully saturated rings. The highest BCUT2D eigenvalue weighted by atomic mass is 16.6. The van der Waals surface area contributed by atoms with Crippen molar-refractivity contribution in [2.45, 2.75) is 32.9 Å². The van der Waals surface area contributed by atoms with Gasteiger partial charge >= 0.3 is 6.09 Å². The Kier molecular flexibility index (Phi) is 4.31. The first-order chi connectivity index (χ1) is 11.8. The molecule has 0 aliphatic carbocycles. The maximum Gasteiger partial charge on any atom is 0.413 e. The molecule has 0 atom stereocenters. The highest BCUT2D eigenvalue weighted by Gasteiger charge is 2.18. The lowest BCUT2D eigenvalue weighted by atomic mass is 10.2. The number of carbonyl (C=O) groups excluding carboxylic acids is 1. The van der Waals surface area contributed by atoms with E-state index in [4.69, 9.17) is 14.6 Å². The molecule has 2 N–H and O–H groups in total. The Balaban J connectivity index is 1.68. The third-order valence-electron chi connectivity index (χ3n) is 3.47. The average molecular weight is 340 g/mol. The van der Waals surface area contributed by atoms with Gasteiger partial charge < -0.3 is 13.7 Å². The number of nitrogens with one attached hydrogen (secondary N) is 2. The Morgan fingerprint density at radius 2 is 2.20 bits per heavy atom. The first kappa shape index (κ1) is 16.8. The number of pyridine rings is 1. The van der Waals surface area contributed by atoms with Gasteiger partial charge in [-0.15, -0.1) is 0 Å². The molecule has 0 aromatic carbocycles. The normalized spacial score (nSPS) is 11.5. The SMILES string of the molecule is CC(C)(C)OC(=O)NC(=N)c1coc(Cn2ccc3cnccc32)c1. The summed E-state index contributed by atoms with van der Waals surface area (Å²) in [7, 11) is 0. The molecule has 130 valence electrons. The zero-order valence-corrected chi connectivity index (χ0v) is 14.4. The van der Waals surface area contributed by atoms with Gasteiger partial charge in [-0.25, -0.2) is 4.79 Å². The zero-order chi connectivity index (χ0) is 18.0. The number of amidine groups is 1. The van der Waals surface area contributed by atoms with Crippen molar-refractivity contribution in [1.82, 2.24) is 14.9 Å². The minimum Gasteiger partial charge on any atom is -0.467 e. The van der Waals surface area contributed by atoms with Crippen molar-refractivity contribution in [1.29, 1.82) is 5.41 Å². The van der Waals surface area contributed by atoms with E-state index in [0.29, 0.717) is 17.9 Å². The molecule has 1 amide bonds. The Morgan fingerprint density at radius 3 is 2.96 bits per heavy atom. The molecule has 0 saturated heterocycles. The second-order valence-electron chi connectivity index (χ2n) is 6.68. The van der Waals surface area contributed by atoms with Gasteiger partial charge in [-0.1, -0.05) is 0 Å². The molecule has 3 rings (SSSR count). The molecule has 0 radical (unpaired) electrons. The van der Waals surface area contributed by atoms with Crippen LogP contribution in [0.1, 0.15) is 32.1 Å². The second-order valence-corrected chi connectivity index (χ2v) is 6.68. The van der Waals surface area contributed by atoms with E-state index in [1.165, 1.54) is 6.26 Å². The molecule has 0 bridgehead atoms. The molecular weight excluding hydrogens is 320 g/mol. The van der Waals surface area contributed by atoms with Crippen LogP contribution in [0.4, 0.5) is 4.79 Å². The smallest absolute Gasteiger partial charge is 0.413 e. The Morgan fingerprint density at radius 1 is 1.40 bits per heavy atom. The Labute approximate surface area is 145 Å². The summed E-state index contributed by atoms with van der Waals surface area (Å²) in [6, 6.07) is 5.65. The number of nitrogens with zero attached hydrogens (tertiary/aromatic N) is 2. The molecule has 0 unspecified atom stereocenters. The minimum absolute atomic E-state index is 0.0641. The summed E-state index contributed by atoms with van der Waals surface area (Å²) in [4.78, 5) is 15.8. The molecule has 3 aromatic rings. The number of hydrogen-bond donors (Lipinski definition) is 2. The van der Waals surface area contributed by atoms with Gasteiger partial charge in [0.15, 0.2) is 0 Å². The molecule has 0 spiro atoms. The van der Waals surface area contributed by atoms with Crippen molar-refractivity contribution in [3.63, 3.8) is 0 Å². The third-order valence-corrected chi connectivity index (χ3v) is 3.47.